The fourth-order valence-corrected chi connectivity index (χ4v) is 3.07. The average Bonchev–Trinajstić information content (AvgIpc) is 3.12. The Bertz CT molecular complexity index is 781. The highest BCUT2D eigenvalue weighted by molar-refractivity contribution is 7.80. The molecule has 0 unspecified atom stereocenters. The van der Waals surface area contributed by atoms with Crippen molar-refractivity contribution in [3.8, 4) is 0 Å². The van der Waals surface area contributed by atoms with Crippen LogP contribution in [-0.2, 0) is 4.79 Å². The van der Waals surface area contributed by atoms with Gasteiger partial charge in [-0.05, 0) is 47.8 Å². The summed E-state index contributed by atoms with van der Waals surface area (Å²) in [4.78, 5) is 25.1. The molecule has 0 aliphatic heterocycles. The molecule has 0 aliphatic rings. The van der Waals surface area contributed by atoms with Gasteiger partial charge in [-0.3, -0.25) is 20.4 Å². The van der Waals surface area contributed by atoms with Gasteiger partial charge in [-0.15, -0.1) is 11.3 Å². The second-order valence-corrected chi connectivity index (χ2v) is 7.54. The number of amides is 2. The van der Waals surface area contributed by atoms with Crippen LogP contribution in [0.3, 0.4) is 0 Å². The number of rotatable bonds is 5. The molecule has 2 rings (SSSR count). The summed E-state index contributed by atoms with van der Waals surface area (Å²) in [7, 11) is 0. The molecule has 0 saturated heterocycles. The second kappa shape index (κ2) is 9.51. The van der Waals surface area contributed by atoms with Crippen molar-refractivity contribution in [2.45, 2.75) is 19.9 Å². The lowest BCUT2D eigenvalue weighted by Crippen LogP contribution is -2.54. The first-order valence-corrected chi connectivity index (χ1v) is 9.50. The Labute approximate surface area is 166 Å². The number of nitrogens with one attached hydrogen (secondary N) is 4. The topological polar surface area (TPSA) is 82.3 Å². The molecule has 2 aromatic rings. The molecule has 0 saturated carbocycles. The minimum atomic E-state index is -0.703. The maximum absolute atomic E-state index is 12.4. The lowest BCUT2D eigenvalue weighted by atomic mass is 10.0. The average molecular weight is 411 g/mol. The zero-order valence-electron chi connectivity index (χ0n) is 14.2. The van der Waals surface area contributed by atoms with E-state index in [1.807, 2.05) is 13.8 Å². The Morgan fingerprint density at radius 2 is 1.92 bits per heavy atom. The van der Waals surface area contributed by atoms with E-state index in [2.05, 4.69) is 21.5 Å². The van der Waals surface area contributed by atoms with Crippen LogP contribution < -0.4 is 21.5 Å². The molecule has 138 valence electrons. The fraction of sp³-hybridized carbons (Fsp3) is 0.235. The van der Waals surface area contributed by atoms with Crippen molar-refractivity contribution in [2.24, 2.45) is 5.92 Å². The number of benzene rings is 1. The minimum absolute atomic E-state index is 0.102. The lowest BCUT2D eigenvalue weighted by Gasteiger charge is -2.22. The predicted molar refractivity (Wildman–Crippen MR) is 109 cm³/mol. The summed E-state index contributed by atoms with van der Waals surface area (Å²) in [5.41, 5.74) is 5.83. The summed E-state index contributed by atoms with van der Waals surface area (Å²) in [6.45, 7) is 3.70. The monoisotopic (exact) mass is 410 g/mol. The largest absolute Gasteiger partial charge is 0.339 e. The van der Waals surface area contributed by atoms with Crippen LogP contribution in [0, 0.1) is 5.92 Å². The molecule has 1 heterocycles. The second-order valence-electron chi connectivity index (χ2n) is 5.75. The van der Waals surface area contributed by atoms with Gasteiger partial charge in [-0.1, -0.05) is 37.6 Å². The SMILES string of the molecule is CC(C)[C@@H](NC(=O)c1cccs1)C(=O)NNC(=S)Nc1cccc(Cl)c1. The van der Waals surface area contributed by atoms with E-state index in [-0.39, 0.29) is 22.8 Å². The van der Waals surface area contributed by atoms with Crippen molar-refractivity contribution >= 4 is 57.8 Å². The number of carbonyl (C=O) groups is 2. The number of halogens is 1. The number of hydrogen-bond acceptors (Lipinski definition) is 4. The molecular weight excluding hydrogens is 392 g/mol. The van der Waals surface area contributed by atoms with Gasteiger partial charge in [0.15, 0.2) is 5.11 Å². The molecule has 9 heteroatoms. The van der Waals surface area contributed by atoms with Crippen molar-refractivity contribution in [2.75, 3.05) is 5.32 Å². The first kappa shape index (κ1) is 20.2. The molecule has 0 spiro atoms. The molecule has 2 amide bonds. The molecule has 4 N–H and O–H groups in total. The normalized spacial score (nSPS) is 11.5. The van der Waals surface area contributed by atoms with Crippen LogP contribution in [0.4, 0.5) is 5.69 Å². The van der Waals surface area contributed by atoms with Crippen molar-refractivity contribution in [1.82, 2.24) is 16.2 Å². The predicted octanol–water partition coefficient (Wildman–Crippen LogP) is 3.17. The zero-order chi connectivity index (χ0) is 19.1. The van der Waals surface area contributed by atoms with Gasteiger partial charge in [0.2, 0.25) is 0 Å². The van der Waals surface area contributed by atoms with Crippen LogP contribution in [0.1, 0.15) is 23.5 Å². The highest BCUT2D eigenvalue weighted by Gasteiger charge is 2.25. The third-order valence-electron chi connectivity index (χ3n) is 3.36. The smallest absolute Gasteiger partial charge is 0.262 e. The summed E-state index contributed by atoms with van der Waals surface area (Å²) in [5, 5.41) is 8.22. The summed E-state index contributed by atoms with van der Waals surface area (Å²) in [6, 6.07) is 9.80. The quantitative estimate of drug-likeness (QED) is 0.449. The molecule has 1 atom stereocenters. The molecule has 1 aromatic heterocycles. The number of thiophene rings is 1. The minimum Gasteiger partial charge on any atom is -0.339 e. The van der Waals surface area contributed by atoms with E-state index in [0.29, 0.717) is 15.6 Å². The summed E-state index contributed by atoms with van der Waals surface area (Å²) in [5.74, 6) is -0.774. The Hall–Kier alpha value is -2.16. The van der Waals surface area contributed by atoms with Crippen molar-refractivity contribution in [3.63, 3.8) is 0 Å². The van der Waals surface area contributed by atoms with Gasteiger partial charge in [-0.2, -0.15) is 0 Å². The lowest BCUT2D eigenvalue weighted by molar-refractivity contribution is -0.124. The number of thiocarbonyl (C=S) groups is 1. The van der Waals surface area contributed by atoms with Gasteiger partial charge >= 0.3 is 0 Å². The highest BCUT2D eigenvalue weighted by atomic mass is 35.5. The van der Waals surface area contributed by atoms with E-state index in [4.69, 9.17) is 23.8 Å². The third-order valence-corrected chi connectivity index (χ3v) is 4.67. The van der Waals surface area contributed by atoms with Crippen LogP contribution in [-0.4, -0.2) is 23.0 Å². The van der Waals surface area contributed by atoms with Gasteiger partial charge in [0.25, 0.3) is 11.8 Å². The first-order chi connectivity index (χ1) is 12.4. The Kier molecular flexibility index (Phi) is 7.38. The summed E-state index contributed by atoms with van der Waals surface area (Å²) in [6.07, 6.45) is 0. The summed E-state index contributed by atoms with van der Waals surface area (Å²) < 4.78 is 0. The first-order valence-electron chi connectivity index (χ1n) is 7.83. The zero-order valence-corrected chi connectivity index (χ0v) is 16.6. The van der Waals surface area contributed by atoms with E-state index in [1.54, 1.807) is 41.8 Å². The molecule has 26 heavy (non-hydrogen) atoms. The van der Waals surface area contributed by atoms with Gasteiger partial charge in [-0.25, -0.2) is 0 Å². The molecule has 6 nitrogen and oxygen atoms in total. The van der Waals surface area contributed by atoms with Crippen molar-refractivity contribution in [3.05, 3.63) is 51.7 Å². The molecule has 0 radical (unpaired) electrons. The summed E-state index contributed by atoms with van der Waals surface area (Å²) >= 11 is 12.4. The number of carbonyl (C=O) groups excluding carboxylic acids is 2. The van der Waals surface area contributed by atoms with Crippen molar-refractivity contribution in [1.29, 1.82) is 0 Å². The van der Waals surface area contributed by atoms with Crippen LogP contribution in [0.25, 0.3) is 0 Å². The molecule has 0 fully saturated rings. The number of hydrogen-bond donors (Lipinski definition) is 4. The molecule has 0 aliphatic carbocycles. The van der Waals surface area contributed by atoms with Gasteiger partial charge in [0, 0.05) is 10.7 Å². The standard InChI is InChI=1S/C17H19ClN4O2S2/c1-10(2)14(20-15(23)13-7-4-8-26-13)16(24)21-22-17(25)19-12-6-3-5-11(18)9-12/h3-10,14H,1-2H3,(H,20,23)(H,21,24)(H2,19,22,25)/t14-/m1/s1. The number of hydrazine groups is 1. The van der Waals surface area contributed by atoms with Crippen LogP contribution in [0.15, 0.2) is 41.8 Å². The maximum atomic E-state index is 12.4. The number of anilines is 1. The van der Waals surface area contributed by atoms with E-state index in [1.165, 1.54) is 11.3 Å². The Balaban J connectivity index is 1.88. The van der Waals surface area contributed by atoms with Crippen LogP contribution >= 0.6 is 35.2 Å². The molecular formula is C17H19ClN4O2S2. The van der Waals surface area contributed by atoms with E-state index >= 15 is 0 Å². The van der Waals surface area contributed by atoms with Crippen LogP contribution in [0.5, 0.6) is 0 Å². The van der Waals surface area contributed by atoms with Gasteiger partial charge < -0.3 is 10.6 Å². The van der Waals surface area contributed by atoms with Crippen LogP contribution in [0.2, 0.25) is 5.02 Å². The fourth-order valence-electron chi connectivity index (χ4n) is 2.08. The van der Waals surface area contributed by atoms with E-state index in [0.717, 1.165) is 0 Å². The van der Waals surface area contributed by atoms with E-state index in [9.17, 15) is 9.59 Å². The third kappa shape index (κ3) is 5.98. The molecule has 1 aromatic carbocycles. The highest BCUT2D eigenvalue weighted by Crippen LogP contribution is 2.14. The van der Waals surface area contributed by atoms with Crippen molar-refractivity contribution < 1.29 is 9.59 Å². The molecule has 0 bridgehead atoms. The van der Waals surface area contributed by atoms with E-state index < -0.39 is 6.04 Å². The Morgan fingerprint density at radius 1 is 1.15 bits per heavy atom. The van der Waals surface area contributed by atoms with Gasteiger partial charge in [0.05, 0.1) is 4.88 Å². The Morgan fingerprint density at radius 3 is 2.54 bits per heavy atom. The van der Waals surface area contributed by atoms with Gasteiger partial charge in [0.1, 0.15) is 6.04 Å². The maximum Gasteiger partial charge on any atom is 0.262 e.